The van der Waals surface area contributed by atoms with Crippen molar-refractivity contribution in [3.63, 3.8) is 0 Å². The standard InChI is InChI=1S/C14H18N4O/c1-9-6-18(11-4-2-10(7-19)3-5-11)14-12(9)13(15)16-8-17-14/h6-8,10-11H,2-5H2,1H3,(H2,15,16,17). The molecule has 2 aromatic heterocycles. The van der Waals surface area contributed by atoms with E-state index < -0.39 is 0 Å². The van der Waals surface area contributed by atoms with Crippen molar-refractivity contribution in [3.05, 3.63) is 18.1 Å². The second kappa shape index (κ2) is 4.64. The van der Waals surface area contributed by atoms with Gasteiger partial charge in [-0.15, -0.1) is 0 Å². The van der Waals surface area contributed by atoms with Crippen molar-refractivity contribution in [2.75, 3.05) is 5.73 Å². The summed E-state index contributed by atoms with van der Waals surface area (Å²) in [4.78, 5) is 19.3. The van der Waals surface area contributed by atoms with Gasteiger partial charge in [0.05, 0.1) is 5.39 Å². The van der Waals surface area contributed by atoms with E-state index in [1.54, 1.807) is 0 Å². The summed E-state index contributed by atoms with van der Waals surface area (Å²) in [6.07, 6.45) is 8.70. The average molecular weight is 258 g/mol. The highest BCUT2D eigenvalue weighted by atomic mass is 16.1. The number of hydrogen-bond donors (Lipinski definition) is 1. The summed E-state index contributed by atoms with van der Waals surface area (Å²) in [5, 5.41) is 0.958. The Morgan fingerprint density at radius 2 is 2.05 bits per heavy atom. The molecule has 0 aromatic carbocycles. The molecule has 2 heterocycles. The number of rotatable bonds is 2. The van der Waals surface area contributed by atoms with Gasteiger partial charge in [-0.1, -0.05) is 0 Å². The molecule has 0 amide bonds. The minimum Gasteiger partial charge on any atom is -0.383 e. The quantitative estimate of drug-likeness (QED) is 0.838. The number of anilines is 1. The first kappa shape index (κ1) is 12.1. The summed E-state index contributed by atoms with van der Waals surface area (Å²) >= 11 is 0. The summed E-state index contributed by atoms with van der Waals surface area (Å²) in [5.41, 5.74) is 7.97. The molecule has 1 fully saturated rings. The molecule has 0 bridgehead atoms. The number of aromatic nitrogens is 3. The third-order valence-corrected chi connectivity index (χ3v) is 4.16. The van der Waals surface area contributed by atoms with E-state index in [1.165, 1.54) is 6.33 Å². The predicted molar refractivity (Wildman–Crippen MR) is 73.7 cm³/mol. The topological polar surface area (TPSA) is 73.8 Å². The summed E-state index contributed by atoms with van der Waals surface area (Å²) in [6.45, 7) is 2.04. The number of aryl methyl sites for hydroxylation is 1. The molecule has 0 unspecified atom stereocenters. The zero-order valence-electron chi connectivity index (χ0n) is 11.0. The van der Waals surface area contributed by atoms with Gasteiger partial charge in [-0.25, -0.2) is 9.97 Å². The highest BCUT2D eigenvalue weighted by Gasteiger charge is 2.24. The van der Waals surface area contributed by atoms with Gasteiger partial charge in [0, 0.05) is 18.2 Å². The van der Waals surface area contributed by atoms with E-state index in [2.05, 4.69) is 20.7 Å². The normalized spacial score (nSPS) is 23.6. The van der Waals surface area contributed by atoms with Gasteiger partial charge < -0.3 is 15.1 Å². The minimum atomic E-state index is 0.235. The highest BCUT2D eigenvalue weighted by Crippen LogP contribution is 2.35. The highest BCUT2D eigenvalue weighted by molar-refractivity contribution is 5.89. The molecule has 3 rings (SSSR count). The fourth-order valence-corrected chi connectivity index (χ4v) is 3.09. The summed E-state index contributed by atoms with van der Waals surface area (Å²) < 4.78 is 2.21. The van der Waals surface area contributed by atoms with Crippen molar-refractivity contribution < 1.29 is 4.79 Å². The minimum absolute atomic E-state index is 0.235. The van der Waals surface area contributed by atoms with Crippen LogP contribution in [0, 0.1) is 12.8 Å². The molecule has 19 heavy (non-hydrogen) atoms. The van der Waals surface area contributed by atoms with E-state index in [1.807, 2.05) is 6.92 Å². The number of carbonyl (C=O) groups excluding carboxylic acids is 1. The molecule has 0 atom stereocenters. The molecule has 1 saturated carbocycles. The van der Waals surface area contributed by atoms with Crippen LogP contribution in [0.25, 0.3) is 11.0 Å². The van der Waals surface area contributed by atoms with Crippen molar-refractivity contribution in [1.29, 1.82) is 0 Å². The number of hydrogen-bond acceptors (Lipinski definition) is 4. The number of fused-ring (bicyclic) bond motifs is 1. The maximum atomic E-state index is 10.8. The second-order valence-corrected chi connectivity index (χ2v) is 5.38. The number of carbonyl (C=O) groups is 1. The largest absolute Gasteiger partial charge is 0.383 e. The Morgan fingerprint density at radius 3 is 2.74 bits per heavy atom. The molecule has 5 nitrogen and oxygen atoms in total. The Kier molecular flexibility index (Phi) is 2.97. The van der Waals surface area contributed by atoms with E-state index >= 15 is 0 Å². The zero-order chi connectivity index (χ0) is 13.4. The summed E-state index contributed by atoms with van der Waals surface area (Å²) in [5.74, 6) is 0.779. The van der Waals surface area contributed by atoms with Gasteiger partial charge >= 0.3 is 0 Å². The SMILES string of the molecule is Cc1cn(C2CCC(C=O)CC2)c2ncnc(N)c12. The molecule has 0 aliphatic heterocycles. The molecule has 0 saturated heterocycles. The van der Waals surface area contributed by atoms with Crippen LogP contribution in [-0.4, -0.2) is 20.8 Å². The van der Waals surface area contributed by atoms with Crippen LogP contribution in [-0.2, 0) is 4.79 Å². The van der Waals surface area contributed by atoms with Crippen LogP contribution in [0.5, 0.6) is 0 Å². The van der Waals surface area contributed by atoms with Crippen LogP contribution >= 0.6 is 0 Å². The molecule has 2 N–H and O–H groups in total. The second-order valence-electron chi connectivity index (χ2n) is 5.38. The van der Waals surface area contributed by atoms with Crippen LogP contribution in [0.3, 0.4) is 0 Å². The predicted octanol–water partition coefficient (Wildman–Crippen LogP) is 2.25. The first-order valence-corrected chi connectivity index (χ1v) is 6.73. The monoisotopic (exact) mass is 258 g/mol. The van der Waals surface area contributed by atoms with Crippen molar-refractivity contribution in [3.8, 4) is 0 Å². The van der Waals surface area contributed by atoms with Gasteiger partial charge in [0.25, 0.3) is 0 Å². The van der Waals surface area contributed by atoms with Crippen LogP contribution in [0.2, 0.25) is 0 Å². The fourth-order valence-electron chi connectivity index (χ4n) is 3.09. The number of nitrogens with two attached hydrogens (primary N) is 1. The van der Waals surface area contributed by atoms with E-state index in [0.29, 0.717) is 11.9 Å². The number of aldehydes is 1. The van der Waals surface area contributed by atoms with Crippen molar-refractivity contribution in [1.82, 2.24) is 14.5 Å². The Bertz CT molecular complexity index is 611. The lowest BCUT2D eigenvalue weighted by molar-refractivity contribution is -0.112. The Balaban J connectivity index is 1.98. The molecular formula is C14H18N4O. The van der Waals surface area contributed by atoms with E-state index in [-0.39, 0.29) is 5.92 Å². The van der Waals surface area contributed by atoms with E-state index in [9.17, 15) is 4.79 Å². The lowest BCUT2D eigenvalue weighted by Gasteiger charge is -2.27. The molecule has 100 valence electrons. The maximum Gasteiger partial charge on any atom is 0.145 e. The average Bonchev–Trinajstić information content (AvgIpc) is 2.78. The number of nitrogen functional groups attached to an aromatic ring is 1. The van der Waals surface area contributed by atoms with Crippen molar-refractivity contribution >= 4 is 23.1 Å². The van der Waals surface area contributed by atoms with Crippen molar-refractivity contribution in [2.45, 2.75) is 38.6 Å². The molecule has 2 aromatic rings. The molecule has 0 radical (unpaired) electrons. The van der Waals surface area contributed by atoms with Crippen molar-refractivity contribution in [2.24, 2.45) is 5.92 Å². The van der Waals surface area contributed by atoms with Gasteiger partial charge in [0.2, 0.25) is 0 Å². The number of nitrogens with zero attached hydrogens (tertiary/aromatic N) is 3. The van der Waals surface area contributed by atoms with Gasteiger partial charge in [0.15, 0.2) is 0 Å². The third-order valence-electron chi connectivity index (χ3n) is 4.16. The first-order valence-electron chi connectivity index (χ1n) is 6.73. The molecular weight excluding hydrogens is 240 g/mol. The van der Waals surface area contributed by atoms with Gasteiger partial charge in [0.1, 0.15) is 24.1 Å². The lowest BCUT2D eigenvalue weighted by Crippen LogP contribution is -2.18. The van der Waals surface area contributed by atoms with Gasteiger partial charge in [-0.3, -0.25) is 0 Å². The van der Waals surface area contributed by atoms with Crippen LogP contribution in [0.15, 0.2) is 12.5 Å². The maximum absolute atomic E-state index is 10.8. The van der Waals surface area contributed by atoms with Gasteiger partial charge in [-0.2, -0.15) is 0 Å². The Hall–Kier alpha value is -1.91. The molecule has 5 heteroatoms. The summed E-state index contributed by atoms with van der Waals surface area (Å²) in [7, 11) is 0. The smallest absolute Gasteiger partial charge is 0.145 e. The third kappa shape index (κ3) is 1.99. The molecule has 1 aliphatic carbocycles. The van der Waals surface area contributed by atoms with Crippen LogP contribution < -0.4 is 5.73 Å². The molecule has 0 spiro atoms. The lowest BCUT2D eigenvalue weighted by atomic mass is 9.87. The fraction of sp³-hybridized carbons (Fsp3) is 0.500. The van der Waals surface area contributed by atoms with E-state index in [4.69, 9.17) is 5.73 Å². The van der Waals surface area contributed by atoms with E-state index in [0.717, 1.165) is 48.6 Å². The van der Waals surface area contributed by atoms with Gasteiger partial charge in [-0.05, 0) is 38.2 Å². The van der Waals surface area contributed by atoms with Crippen LogP contribution in [0.1, 0.15) is 37.3 Å². The first-order chi connectivity index (χ1) is 9.20. The zero-order valence-corrected chi connectivity index (χ0v) is 11.0. The Labute approximate surface area is 111 Å². The summed E-state index contributed by atoms with van der Waals surface area (Å²) in [6, 6.07) is 0.418. The molecule has 1 aliphatic rings. The Morgan fingerprint density at radius 1 is 1.32 bits per heavy atom. The van der Waals surface area contributed by atoms with Crippen LogP contribution in [0.4, 0.5) is 5.82 Å².